The number of aromatic nitrogens is 2. The maximum absolute atomic E-state index is 13.0. The molecule has 1 aliphatic heterocycles. The van der Waals surface area contributed by atoms with Crippen LogP contribution in [-0.4, -0.2) is 33.2 Å². The molecule has 0 spiro atoms. The third-order valence-electron chi connectivity index (χ3n) is 5.62. The maximum atomic E-state index is 13.0. The maximum Gasteiger partial charge on any atom is 0.290 e. The molecule has 1 aliphatic carbocycles. The molecule has 2 aliphatic rings. The van der Waals surface area contributed by atoms with Gasteiger partial charge in [0.25, 0.3) is 5.56 Å². The number of amides is 1. The first-order valence-electron chi connectivity index (χ1n) is 9.34. The number of nitrogen functional groups attached to an aromatic ring is 1. The van der Waals surface area contributed by atoms with Gasteiger partial charge in [-0.25, -0.2) is 4.68 Å². The summed E-state index contributed by atoms with van der Waals surface area (Å²) >= 11 is 1.53. The van der Waals surface area contributed by atoms with Crippen LogP contribution in [0.25, 0.3) is 10.6 Å². The highest BCUT2D eigenvalue weighted by Crippen LogP contribution is 2.35. The van der Waals surface area contributed by atoms with Crippen LogP contribution in [0.2, 0.25) is 0 Å². The summed E-state index contributed by atoms with van der Waals surface area (Å²) in [5, 5.41) is 6.35. The fourth-order valence-corrected chi connectivity index (χ4v) is 5.05. The number of hydrogen-bond acceptors (Lipinski definition) is 5. The van der Waals surface area contributed by atoms with Crippen LogP contribution in [0.5, 0.6) is 0 Å². The van der Waals surface area contributed by atoms with E-state index in [9.17, 15) is 9.59 Å². The molecule has 26 heavy (non-hydrogen) atoms. The van der Waals surface area contributed by atoms with Gasteiger partial charge in [0.2, 0.25) is 5.91 Å². The molecule has 0 radical (unpaired) electrons. The number of rotatable bonds is 3. The zero-order chi connectivity index (χ0) is 18.1. The highest BCUT2D eigenvalue weighted by molar-refractivity contribution is 7.13. The number of likely N-dealkylation sites (tertiary alicyclic amines) is 1. The molecule has 0 unspecified atom stereocenters. The van der Waals surface area contributed by atoms with Gasteiger partial charge in [0.05, 0.1) is 4.88 Å². The molecular formula is C19H24N4O2S. The summed E-state index contributed by atoms with van der Waals surface area (Å²) in [6.45, 7) is 0.750. The van der Waals surface area contributed by atoms with E-state index in [1.54, 1.807) is 6.07 Å². The fourth-order valence-electron chi connectivity index (χ4n) is 4.37. The van der Waals surface area contributed by atoms with Gasteiger partial charge in [-0.05, 0) is 49.1 Å². The Morgan fingerprint density at radius 2 is 2.08 bits per heavy atom. The van der Waals surface area contributed by atoms with Crippen molar-refractivity contribution in [3.05, 3.63) is 33.9 Å². The molecule has 138 valence electrons. The van der Waals surface area contributed by atoms with Crippen LogP contribution >= 0.6 is 11.3 Å². The van der Waals surface area contributed by atoms with Crippen molar-refractivity contribution in [3.8, 4) is 10.6 Å². The summed E-state index contributed by atoms with van der Waals surface area (Å²) in [5.74, 6) is 0.604. The lowest BCUT2D eigenvalue weighted by Crippen LogP contribution is -2.51. The van der Waals surface area contributed by atoms with Gasteiger partial charge in [-0.1, -0.05) is 18.9 Å². The quantitative estimate of drug-likeness (QED) is 0.898. The lowest BCUT2D eigenvalue weighted by molar-refractivity contribution is -0.138. The lowest BCUT2D eigenvalue weighted by atomic mass is 9.78. The first-order chi connectivity index (χ1) is 12.6. The molecule has 2 aromatic heterocycles. The van der Waals surface area contributed by atoms with Crippen molar-refractivity contribution in [2.24, 2.45) is 5.92 Å². The van der Waals surface area contributed by atoms with Gasteiger partial charge < -0.3 is 10.6 Å². The normalized spacial score (nSPS) is 22.8. The largest absolute Gasteiger partial charge is 0.394 e. The summed E-state index contributed by atoms with van der Waals surface area (Å²) < 4.78 is 1.24. The molecular weight excluding hydrogens is 348 g/mol. The first-order valence-corrected chi connectivity index (χ1v) is 10.2. The van der Waals surface area contributed by atoms with Crippen LogP contribution in [0, 0.1) is 5.92 Å². The minimum absolute atomic E-state index is 0.0149. The molecule has 1 saturated carbocycles. The van der Waals surface area contributed by atoms with E-state index in [1.807, 2.05) is 22.4 Å². The van der Waals surface area contributed by atoms with E-state index in [0.29, 0.717) is 17.7 Å². The van der Waals surface area contributed by atoms with E-state index in [2.05, 4.69) is 5.10 Å². The first kappa shape index (κ1) is 17.3. The number of thiophene rings is 1. The number of fused-ring (bicyclic) bond motifs is 1. The van der Waals surface area contributed by atoms with Crippen molar-refractivity contribution < 1.29 is 4.79 Å². The molecule has 3 heterocycles. The minimum Gasteiger partial charge on any atom is -0.394 e. The fraction of sp³-hybridized carbons (Fsp3) is 0.526. The van der Waals surface area contributed by atoms with Gasteiger partial charge in [0, 0.05) is 12.6 Å². The van der Waals surface area contributed by atoms with Crippen LogP contribution in [0.1, 0.15) is 38.5 Å². The number of hydrogen-bond donors (Lipinski definition) is 1. The number of anilines is 1. The van der Waals surface area contributed by atoms with Crippen LogP contribution < -0.4 is 11.3 Å². The number of carbonyl (C=O) groups excluding carboxylic acids is 1. The molecule has 0 bridgehead atoms. The standard InChI is InChI=1S/C19H24N4O2S/c20-14-11-15(17-8-4-10-26-17)21-23(19(14)25)12-18(24)22-9-3-6-13-5-1-2-7-16(13)22/h4,8,10-11,13,16H,1-3,5-7,9,12,20H2/t13-,16+/m1/s1. The van der Waals surface area contributed by atoms with Crippen LogP contribution in [0.3, 0.4) is 0 Å². The molecule has 1 amide bonds. The van der Waals surface area contributed by atoms with Gasteiger partial charge in [-0.15, -0.1) is 11.3 Å². The molecule has 4 rings (SSSR count). The van der Waals surface area contributed by atoms with Gasteiger partial charge in [0.1, 0.15) is 17.9 Å². The second-order valence-corrected chi connectivity index (χ2v) is 8.21. The average molecular weight is 372 g/mol. The topological polar surface area (TPSA) is 81.2 Å². The lowest BCUT2D eigenvalue weighted by Gasteiger charge is -2.44. The van der Waals surface area contributed by atoms with E-state index in [0.717, 1.165) is 24.3 Å². The van der Waals surface area contributed by atoms with Crippen molar-refractivity contribution in [3.63, 3.8) is 0 Å². The van der Waals surface area contributed by atoms with E-state index in [-0.39, 0.29) is 18.1 Å². The number of piperidine rings is 1. The molecule has 2 atom stereocenters. The Bertz CT molecular complexity index is 844. The van der Waals surface area contributed by atoms with Gasteiger partial charge in [0.15, 0.2) is 0 Å². The Balaban J connectivity index is 1.58. The SMILES string of the molecule is Nc1cc(-c2cccs2)nn(CC(=O)N2CCC[C@H]3CCCC[C@@H]32)c1=O. The predicted molar refractivity (Wildman–Crippen MR) is 103 cm³/mol. The molecule has 0 aromatic carbocycles. The number of nitrogens with zero attached hydrogens (tertiary/aromatic N) is 3. The highest BCUT2D eigenvalue weighted by Gasteiger charge is 2.35. The Morgan fingerprint density at radius 1 is 1.27 bits per heavy atom. The molecule has 7 heteroatoms. The van der Waals surface area contributed by atoms with Gasteiger partial charge >= 0.3 is 0 Å². The summed E-state index contributed by atoms with van der Waals surface area (Å²) in [6, 6.07) is 5.78. The van der Waals surface area contributed by atoms with Gasteiger partial charge in [-0.2, -0.15) is 5.10 Å². The Kier molecular flexibility index (Phi) is 4.80. The molecule has 2 aromatic rings. The summed E-state index contributed by atoms with van der Waals surface area (Å²) in [6.07, 6.45) is 7.01. The second-order valence-electron chi connectivity index (χ2n) is 7.27. The summed E-state index contributed by atoms with van der Waals surface area (Å²) in [4.78, 5) is 28.3. The van der Waals surface area contributed by atoms with Crippen molar-refractivity contribution in [2.75, 3.05) is 12.3 Å². The third-order valence-corrected chi connectivity index (χ3v) is 6.52. The highest BCUT2D eigenvalue weighted by atomic mass is 32.1. The average Bonchev–Trinajstić information content (AvgIpc) is 3.19. The second kappa shape index (κ2) is 7.23. The van der Waals surface area contributed by atoms with Crippen molar-refractivity contribution in [1.29, 1.82) is 0 Å². The zero-order valence-electron chi connectivity index (χ0n) is 14.8. The van der Waals surface area contributed by atoms with E-state index in [4.69, 9.17) is 5.73 Å². The van der Waals surface area contributed by atoms with Crippen LogP contribution in [0.4, 0.5) is 5.69 Å². The number of carbonyl (C=O) groups is 1. The van der Waals surface area contributed by atoms with Crippen molar-refractivity contribution in [2.45, 2.75) is 51.1 Å². The zero-order valence-corrected chi connectivity index (χ0v) is 15.6. The van der Waals surface area contributed by atoms with E-state index >= 15 is 0 Å². The minimum atomic E-state index is -0.393. The molecule has 6 nitrogen and oxygen atoms in total. The Labute approximate surface area is 156 Å². The Hall–Kier alpha value is -2.15. The van der Waals surface area contributed by atoms with Crippen LogP contribution in [0.15, 0.2) is 28.4 Å². The number of nitrogens with two attached hydrogens (primary N) is 1. The predicted octanol–water partition coefficient (Wildman–Crippen LogP) is 2.74. The van der Waals surface area contributed by atoms with Gasteiger partial charge in [-0.3, -0.25) is 9.59 Å². The molecule has 1 saturated heterocycles. The summed E-state index contributed by atoms with van der Waals surface area (Å²) in [5.41, 5.74) is 6.27. The van der Waals surface area contributed by atoms with Crippen molar-refractivity contribution in [1.82, 2.24) is 14.7 Å². The van der Waals surface area contributed by atoms with Crippen molar-refractivity contribution >= 4 is 22.9 Å². The van der Waals surface area contributed by atoms with E-state index in [1.165, 1.54) is 41.7 Å². The van der Waals surface area contributed by atoms with E-state index < -0.39 is 5.56 Å². The summed E-state index contributed by atoms with van der Waals surface area (Å²) in [7, 11) is 0. The Morgan fingerprint density at radius 3 is 2.88 bits per heavy atom. The monoisotopic (exact) mass is 372 g/mol. The van der Waals surface area contributed by atoms with Crippen LogP contribution in [-0.2, 0) is 11.3 Å². The molecule has 2 N–H and O–H groups in total. The molecule has 2 fully saturated rings. The third kappa shape index (κ3) is 3.28. The smallest absolute Gasteiger partial charge is 0.290 e.